The van der Waals surface area contributed by atoms with Gasteiger partial charge in [-0.2, -0.15) is 4.36 Å². The normalized spacial score (nSPS) is 27.2. The fourth-order valence-corrected chi connectivity index (χ4v) is 3.95. The van der Waals surface area contributed by atoms with Gasteiger partial charge in [-0.3, -0.25) is 4.79 Å². The topological polar surface area (TPSA) is 72.5 Å². The van der Waals surface area contributed by atoms with Crippen LogP contribution in [0.5, 0.6) is 0 Å². The van der Waals surface area contributed by atoms with Gasteiger partial charge in [0.15, 0.2) is 0 Å². The SMILES string of the molecule is NCC1(C(=O)N=S2(=O)CCCC2)CC1. The molecule has 0 aromatic heterocycles. The highest BCUT2D eigenvalue weighted by atomic mass is 32.2. The molecule has 14 heavy (non-hydrogen) atoms. The van der Waals surface area contributed by atoms with Gasteiger partial charge in [-0.15, -0.1) is 0 Å². The van der Waals surface area contributed by atoms with Crippen LogP contribution in [0.4, 0.5) is 0 Å². The molecule has 5 heteroatoms. The van der Waals surface area contributed by atoms with Crippen molar-refractivity contribution in [3.05, 3.63) is 0 Å². The Morgan fingerprint density at radius 1 is 1.36 bits per heavy atom. The summed E-state index contributed by atoms with van der Waals surface area (Å²) < 4.78 is 15.9. The number of rotatable bonds is 2. The van der Waals surface area contributed by atoms with E-state index < -0.39 is 15.1 Å². The van der Waals surface area contributed by atoms with E-state index in [4.69, 9.17) is 5.73 Å². The van der Waals surface area contributed by atoms with Crippen molar-refractivity contribution < 1.29 is 9.00 Å². The zero-order chi connectivity index (χ0) is 10.2. The Labute approximate surface area is 84.4 Å². The highest BCUT2D eigenvalue weighted by Crippen LogP contribution is 2.46. The highest BCUT2D eigenvalue weighted by Gasteiger charge is 2.49. The Morgan fingerprint density at radius 2 is 1.93 bits per heavy atom. The summed E-state index contributed by atoms with van der Waals surface area (Å²) in [5.41, 5.74) is 5.09. The molecule has 1 saturated carbocycles. The van der Waals surface area contributed by atoms with Crippen LogP contribution >= 0.6 is 0 Å². The Kier molecular flexibility index (Phi) is 2.39. The monoisotopic (exact) mass is 216 g/mol. The van der Waals surface area contributed by atoms with Crippen molar-refractivity contribution in [3.8, 4) is 0 Å². The number of hydrogen-bond donors (Lipinski definition) is 1. The molecule has 0 radical (unpaired) electrons. The average Bonchev–Trinajstić information content (AvgIpc) is 2.85. The number of hydrogen-bond acceptors (Lipinski definition) is 3. The molecule has 1 aliphatic carbocycles. The second-order valence-corrected chi connectivity index (χ2v) is 6.81. The van der Waals surface area contributed by atoms with Crippen molar-refractivity contribution in [2.24, 2.45) is 15.5 Å². The molecule has 2 N–H and O–H groups in total. The van der Waals surface area contributed by atoms with Gasteiger partial charge in [0.05, 0.1) is 15.1 Å². The molecule has 1 amide bonds. The third-order valence-corrected chi connectivity index (χ3v) is 5.48. The first-order valence-electron chi connectivity index (χ1n) is 5.07. The fourth-order valence-electron chi connectivity index (χ4n) is 1.75. The van der Waals surface area contributed by atoms with Gasteiger partial charge < -0.3 is 5.73 Å². The lowest BCUT2D eigenvalue weighted by atomic mass is 10.1. The quantitative estimate of drug-likeness (QED) is 0.731. The summed E-state index contributed by atoms with van der Waals surface area (Å²) in [6, 6.07) is 0. The maximum Gasteiger partial charge on any atom is 0.261 e. The van der Waals surface area contributed by atoms with Crippen LogP contribution in [-0.2, 0) is 14.5 Å². The molecular weight excluding hydrogens is 200 g/mol. The molecule has 1 heterocycles. The van der Waals surface area contributed by atoms with Crippen LogP contribution in [0.25, 0.3) is 0 Å². The second-order valence-electron chi connectivity index (χ2n) is 4.27. The molecule has 2 rings (SSSR count). The van der Waals surface area contributed by atoms with E-state index in [0.717, 1.165) is 25.7 Å². The van der Waals surface area contributed by atoms with E-state index in [2.05, 4.69) is 4.36 Å². The molecule has 0 unspecified atom stereocenters. The van der Waals surface area contributed by atoms with Crippen molar-refractivity contribution in [3.63, 3.8) is 0 Å². The second kappa shape index (κ2) is 3.31. The zero-order valence-electron chi connectivity index (χ0n) is 8.20. The lowest BCUT2D eigenvalue weighted by molar-refractivity contribution is -0.122. The first-order valence-corrected chi connectivity index (χ1v) is 6.93. The lowest BCUT2D eigenvalue weighted by Crippen LogP contribution is -2.25. The first kappa shape index (κ1) is 10.1. The maximum absolute atomic E-state index is 12.0. The molecule has 0 atom stereocenters. The third-order valence-electron chi connectivity index (χ3n) is 3.12. The van der Waals surface area contributed by atoms with Crippen LogP contribution < -0.4 is 5.73 Å². The summed E-state index contributed by atoms with van der Waals surface area (Å²) in [5, 5.41) is 0. The number of carbonyl (C=O) groups is 1. The third kappa shape index (κ3) is 1.70. The molecule has 80 valence electrons. The molecule has 0 aromatic carbocycles. The molecule has 4 nitrogen and oxygen atoms in total. The molecule has 1 aliphatic heterocycles. The van der Waals surface area contributed by atoms with Gasteiger partial charge in [-0.05, 0) is 25.7 Å². The summed E-state index contributed by atoms with van der Waals surface area (Å²) in [6.45, 7) is 0.352. The lowest BCUT2D eigenvalue weighted by Gasteiger charge is -2.07. The van der Waals surface area contributed by atoms with Crippen molar-refractivity contribution >= 4 is 15.6 Å². The molecule has 0 spiro atoms. The summed E-state index contributed by atoms with van der Waals surface area (Å²) in [5.74, 6) is 0.991. The smallest absolute Gasteiger partial charge is 0.261 e. The maximum atomic E-state index is 12.0. The van der Waals surface area contributed by atoms with Crippen molar-refractivity contribution in [1.82, 2.24) is 0 Å². The van der Waals surface area contributed by atoms with Crippen molar-refractivity contribution in [2.45, 2.75) is 25.7 Å². The standard InChI is InChI=1S/C9H16N2O2S/c10-7-9(3-4-9)8(12)11-14(13)5-1-2-6-14/h1-7,10H2. The molecule has 2 aliphatic rings. The van der Waals surface area contributed by atoms with Crippen molar-refractivity contribution in [2.75, 3.05) is 18.1 Å². The fraction of sp³-hybridized carbons (Fsp3) is 0.889. The van der Waals surface area contributed by atoms with Gasteiger partial charge in [0.2, 0.25) is 0 Å². The Bertz CT molecular complexity index is 353. The Balaban J connectivity index is 2.17. The minimum Gasteiger partial charge on any atom is -0.329 e. The highest BCUT2D eigenvalue weighted by molar-refractivity contribution is 7.94. The van der Waals surface area contributed by atoms with Gasteiger partial charge in [0, 0.05) is 18.1 Å². The average molecular weight is 216 g/mol. The van der Waals surface area contributed by atoms with Crippen LogP contribution in [0.1, 0.15) is 25.7 Å². The van der Waals surface area contributed by atoms with Crippen LogP contribution in [0, 0.1) is 5.41 Å². The predicted molar refractivity (Wildman–Crippen MR) is 55.3 cm³/mol. The molecular formula is C9H16N2O2S. The van der Waals surface area contributed by atoms with Crippen LogP contribution in [-0.4, -0.2) is 28.2 Å². The first-order chi connectivity index (χ1) is 6.60. The predicted octanol–water partition coefficient (Wildman–Crippen LogP) is 0.514. The summed E-state index contributed by atoms with van der Waals surface area (Å²) in [4.78, 5) is 11.7. The zero-order valence-corrected chi connectivity index (χ0v) is 9.02. The number of amides is 1. The number of nitrogens with two attached hydrogens (primary N) is 1. The van der Waals surface area contributed by atoms with Gasteiger partial charge in [-0.1, -0.05) is 0 Å². The van der Waals surface area contributed by atoms with Gasteiger partial charge in [0.1, 0.15) is 0 Å². The summed E-state index contributed by atoms with van der Waals surface area (Å²) >= 11 is 0. The minimum atomic E-state index is -2.19. The molecule has 2 fully saturated rings. The molecule has 0 aromatic rings. The van der Waals surface area contributed by atoms with Gasteiger partial charge >= 0.3 is 0 Å². The van der Waals surface area contributed by atoms with E-state index in [-0.39, 0.29) is 5.91 Å². The van der Waals surface area contributed by atoms with E-state index in [9.17, 15) is 9.00 Å². The molecule has 1 saturated heterocycles. The van der Waals surface area contributed by atoms with Crippen molar-refractivity contribution in [1.29, 1.82) is 0 Å². The van der Waals surface area contributed by atoms with Crippen LogP contribution in [0.3, 0.4) is 0 Å². The molecule has 0 bridgehead atoms. The number of nitrogens with zero attached hydrogens (tertiary/aromatic N) is 1. The summed E-state index contributed by atoms with van der Waals surface area (Å²) in [7, 11) is -2.19. The minimum absolute atomic E-state index is 0.202. The Hall–Kier alpha value is -0.420. The summed E-state index contributed by atoms with van der Waals surface area (Å²) in [6.07, 6.45) is 3.51. The van der Waals surface area contributed by atoms with E-state index in [1.54, 1.807) is 0 Å². The van der Waals surface area contributed by atoms with E-state index in [1.807, 2.05) is 0 Å². The van der Waals surface area contributed by atoms with Crippen LogP contribution in [0.15, 0.2) is 4.36 Å². The van der Waals surface area contributed by atoms with Gasteiger partial charge in [-0.25, -0.2) is 4.21 Å². The van der Waals surface area contributed by atoms with E-state index >= 15 is 0 Å². The van der Waals surface area contributed by atoms with E-state index in [1.165, 1.54) is 0 Å². The Morgan fingerprint density at radius 3 is 2.36 bits per heavy atom. The van der Waals surface area contributed by atoms with Crippen LogP contribution in [0.2, 0.25) is 0 Å². The largest absolute Gasteiger partial charge is 0.329 e. The number of carbonyl (C=O) groups excluding carboxylic acids is 1. The van der Waals surface area contributed by atoms with Gasteiger partial charge in [0.25, 0.3) is 5.91 Å². The van der Waals surface area contributed by atoms with E-state index in [0.29, 0.717) is 18.1 Å².